The largest absolute Gasteiger partial charge is 0.383 e. The summed E-state index contributed by atoms with van der Waals surface area (Å²) in [6, 6.07) is 0. The molecule has 1 aromatic rings. The molecule has 1 aromatic heterocycles. The molecule has 0 aliphatic carbocycles. The lowest BCUT2D eigenvalue weighted by atomic mass is 10.1. The van der Waals surface area contributed by atoms with Gasteiger partial charge in [0, 0.05) is 26.7 Å². The summed E-state index contributed by atoms with van der Waals surface area (Å²) < 4.78 is 9.70. The average Bonchev–Trinajstić information content (AvgIpc) is 2.67. The molecule has 0 saturated heterocycles. The molecule has 0 atom stereocenters. The second-order valence-electron chi connectivity index (χ2n) is 6.06. The Labute approximate surface area is 127 Å². The van der Waals surface area contributed by atoms with Crippen LogP contribution < -0.4 is 0 Å². The fourth-order valence-corrected chi connectivity index (χ4v) is 2.47. The van der Waals surface area contributed by atoms with Gasteiger partial charge < -0.3 is 9.30 Å². The van der Waals surface area contributed by atoms with Gasteiger partial charge in [-0.1, -0.05) is 27.7 Å². The molecule has 0 spiro atoms. The number of rotatable bonds is 9. The van der Waals surface area contributed by atoms with Gasteiger partial charge >= 0.3 is 0 Å². The Balaban J connectivity index is 2.72. The molecule has 1 rings (SSSR count). The van der Waals surface area contributed by atoms with E-state index in [2.05, 4.69) is 37.7 Å². The van der Waals surface area contributed by atoms with E-state index in [4.69, 9.17) is 17.0 Å². The minimum absolute atomic E-state index is 0.637. The van der Waals surface area contributed by atoms with Crippen LogP contribution in [0.25, 0.3) is 0 Å². The highest BCUT2D eigenvalue weighted by Crippen LogP contribution is 2.06. The van der Waals surface area contributed by atoms with Crippen LogP contribution in [-0.2, 0) is 18.0 Å². The van der Waals surface area contributed by atoms with E-state index < -0.39 is 0 Å². The smallest absolute Gasteiger partial charge is 0.198 e. The Bertz CT molecular complexity index is 429. The number of ether oxygens (including phenoxy) is 1. The summed E-state index contributed by atoms with van der Waals surface area (Å²) in [5.41, 5.74) is 0. The lowest BCUT2D eigenvalue weighted by molar-refractivity contribution is 0.163. The number of aromatic nitrogens is 3. The van der Waals surface area contributed by atoms with Crippen LogP contribution in [0.15, 0.2) is 6.33 Å². The molecule has 0 N–H and O–H groups in total. The molecule has 1 heterocycles. The maximum Gasteiger partial charge on any atom is 0.198 e. The van der Waals surface area contributed by atoms with Crippen molar-refractivity contribution in [1.29, 1.82) is 0 Å². The van der Waals surface area contributed by atoms with Gasteiger partial charge in [-0.2, -0.15) is 5.10 Å². The molecule has 0 unspecified atom stereocenters. The lowest BCUT2D eigenvalue weighted by Gasteiger charge is -2.25. The van der Waals surface area contributed by atoms with E-state index in [1.165, 1.54) is 0 Å². The molecule has 0 aliphatic rings. The second kappa shape index (κ2) is 8.54. The van der Waals surface area contributed by atoms with Gasteiger partial charge in [-0.15, -0.1) is 0 Å². The van der Waals surface area contributed by atoms with Crippen molar-refractivity contribution < 1.29 is 4.74 Å². The van der Waals surface area contributed by atoms with Crippen molar-refractivity contribution in [1.82, 2.24) is 19.2 Å². The zero-order valence-electron chi connectivity index (χ0n) is 13.4. The van der Waals surface area contributed by atoms with Crippen molar-refractivity contribution in [3.05, 3.63) is 11.1 Å². The summed E-state index contributed by atoms with van der Waals surface area (Å²) in [4.78, 5) is 2.42. The van der Waals surface area contributed by atoms with Crippen LogP contribution in [0.2, 0.25) is 0 Å². The van der Waals surface area contributed by atoms with Gasteiger partial charge in [-0.3, -0.25) is 4.90 Å². The maximum atomic E-state index is 5.47. The van der Waals surface area contributed by atoms with Gasteiger partial charge in [0.15, 0.2) is 4.77 Å². The standard InChI is InChI=1S/C14H28N4OS/c1-12(2)8-16(9-13(3)4)11-18-14(20)17(10-15-18)6-7-19-5/h10,12-13H,6-9,11H2,1-5H3. The molecular formula is C14H28N4OS. The molecule has 0 aliphatic heterocycles. The minimum Gasteiger partial charge on any atom is -0.383 e. The number of hydrogen-bond donors (Lipinski definition) is 0. The summed E-state index contributed by atoms with van der Waals surface area (Å²) in [5, 5.41) is 4.40. The van der Waals surface area contributed by atoms with E-state index in [1.54, 1.807) is 13.4 Å². The molecule has 0 saturated carbocycles. The second-order valence-corrected chi connectivity index (χ2v) is 6.43. The van der Waals surface area contributed by atoms with Gasteiger partial charge in [0.1, 0.15) is 6.33 Å². The molecule has 5 nitrogen and oxygen atoms in total. The topological polar surface area (TPSA) is 35.2 Å². The van der Waals surface area contributed by atoms with Crippen molar-refractivity contribution in [2.45, 2.75) is 40.9 Å². The van der Waals surface area contributed by atoms with Crippen molar-refractivity contribution >= 4 is 12.2 Å². The molecule has 0 amide bonds. The first-order valence-electron chi connectivity index (χ1n) is 7.27. The van der Waals surface area contributed by atoms with Crippen molar-refractivity contribution in [2.75, 3.05) is 26.8 Å². The fraction of sp³-hybridized carbons (Fsp3) is 0.857. The van der Waals surface area contributed by atoms with Crippen LogP contribution in [0.1, 0.15) is 27.7 Å². The molecular weight excluding hydrogens is 272 g/mol. The highest BCUT2D eigenvalue weighted by Gasteiger charge is 2.12. The Kier molecular flexibility index (Phi) is 7.40. The predicted molar refractivity (Wildman–Crippen MR) is 84.2 cm³/mol. The number of hydrogen-bond acceptors (Lipinski definition) is 4. The van der Waals surface area contributed by atoms with Crippen LogP contribution in [0.4, 0.5) is 0 Å². The lowest BCUT2D eigenvalue weighted by Crippen LogP contribution is -2.33. The molecule has 0 fully saturated rings. The average molecular weight is 300 g/mol. The van der Waals surface area contributed by atoms with Crippen LogP contribution >= 0.6 is 12.2 Å². The number of methoxy groups -OCH3 is 1. The third kappa shape index (κ3) is 5.73. The first-order chi connectivity index (χ1) is 9.43. The number of nitrogens with zero attached hydrogens (tertiary/aromatic N) is 4. The third-order valence-electron chi connectivity index (χ3n) is 2.91. The van der Waals surface area contributed by atoms with E-state index >= 15 is 0 Å². The summed E-state index contributed by atoms with van der Waals surface area (Å²) in [7, 11) is 1.70. The van der Waals surface area contributed by atoms with Crippen LogP contribution in [0.3, 0.4) is 0 Å². The zero-order valence-corrected chi connectivity index (χ0v) is 14.2. The van der Waals surface area contributed by atoms with E-state index in [9.17, 15) is 0 Å². The first kappa shape index (κ1) is 17.3. The zero-order chi connectivity index (χ0) is 15.1. The molecule has 20 heavy (non-hydrogen) atoms. The first-order valence-corrected chi connectivity index (χ1v) is 7.68. The summed E-state index contributed by atoms with van der Waals surface area (Å²) in [6.45, 7) is 13.2. The van der Waals surface area contributed by atoms with E-state index in [1.807, 2.05) is 9.25 Å². The van der Waals surface area contributed by atoms with Crippen molar-refractivity contribution in [2.24, 2.45) is 11.8 Å². The van der Waals surface area contributed by atoms with E-state index in [-0.39, 0.29) is 0 Å². The quantitative estimate of drug-likeness (QED) is 0.657. The molecule has 0 bridgehead atoms. The van der Waals surface area contributed by atoms with Crippen molar-refractivity contribution in [3.63, 3.8) is 0 Å². The van der Waals surface area contributed by atoms with E-state index in [0.717, 1.165) is 31.1 Å². The highest BCUT2D eigenvalue weighted by molar-refractivity contribution is 7.71. The van der Waals surface area contributed by atoms with Gasteiger partial charge in [0.2, 0.25) is 0 Å². The Hall–Kier alpha value is -0.720. The SMILES string of the molecule is COCCn1cnn(CN(CC(C)C)CC(C)C)c1=S. The van der Waals surface area contributed by atoms with Crippen LogP contribution in [0, 0.1) is 16.6 Å². The van der Waals surface area contributed by atoms with Gasteiger partial charge in [0.25, 0.3) is 0 Å². The van der Waals surface area contributed by atoms with E-state index in [0.29, 0.717) is 18.4 Å². The van der Waals surface area contributed by atoms with Crippen molar-refractivity contribution in [3.8, 4) is 0 Å². The third-order valence-corrected chi connectivity index (χ3v) is 3.36. The molecule has 0 aromatic carbocycles. The summed E-state index contributed by atoms with van der Waals surface area (Å²) >= 11 is 5.47. The summed E-state index contributed by atoms with van der Waals surface area (Å²) in [6.07, 6.45) is 1.80. The minimum atomic E-state index is 0.637. The Morgan fingerprint density at radius 1 is 1.25 bits per heavy atom. The maximum absolute atomic E-state index is 5.47. The normalized spacial score (nSPS) is 12.0. The van der Waals surface area contributed by atoms with Crippen LogP contribution in [-0.4, -0.2) is 46.1 Å². The monoisotopic (exact) mass is 300 g/mol. The molecule has 0 radical (unpaired) electrons. The Morgan fingerprint density at radius 3 is 2.35 bits per heavy atom. The predicted octanol–water partition coefficient (Wildman–Crippen LogP) is 2.63. The van der Waals surface area contributed by atoms with Crippen LogP contribution in [0.5, 0.6) is 0 Å². The molecule has 116 valence electrons. The Morgan fingerprint density at radius 2 is 1.85 bits per heavy atom. The fourth-order valence-electron chi connectivity index (χ4n) is 2.22. The molecule has 6 heteroatoms. The van der Waals surface area contributed by atoms with Gasteiger partial charge in [0.05, 0.1) is 13.3 Å². The van der Waals surface area contributed by atoms with Gasteiger partial charge in [-0.25, -0.2) is 4.68 Å². The van der Waals surface area contributed by atoms with Gasteiger partial charge in [-0.05, 0) is 24.1 Å². The highest BCUT2D eigenvalue weighted by atomic mass is 32.1. The summed E-state index contributed by atoms with van der Waals surface area (Å²) in [5.74, 6) is 1.27.